The van der Waals surface area contributed by atoms with Crippen molar-refractivity contribution in [2.45, 2.75) is 29.5 Å². The fourth-order valence-electron chi connectivity index (χ4n) is 1.32. The minimum atomic E-state index is -3.77. The van der Waals surface area contributed by atoms with E-state index in [-0.39, 0.29) is 11.4 Å². The maximum Gasteiger partial charge on any atom is 0.240 e. The number of rotatable bonds is 6. The van der Waals surface area contributed by atoms with E-state index in [4.69, 9.17) is 0 Å². The van der Waals surface area contributed by atoms with Crippen molar-refractivity contribution in [3.63, 3.8) is 0 Å². The van der Waals surface area contributed by atoms with E-state index in [2.05, 4.69) is 20.7 Å². The minimum Gasteiger partial charge on any atom is -0.211 e. The van der Waals surface area contributed by atoms with Crippen molar-refractivity contribution in [3.8, 4) is 0 Å². The average molecular weight is 342 g/mol. The molecular weight excluding hydrogens is 328 g/mol. The highest BCUT2D eigenvalue weighted by molar-refractivity contribution is 9.09. The number of hydrogen-bond acceptors (Lipinski definition) is 2. The van der Waals surface area contributed by atoms with Crippen molar-refractivity contribution in [3.05, 3.63) is 29.8 Å². The van der Waals surface area contributed by atoms with Crippen molar-refractivity contribution >= 4 is 26.0 Å². The highest BCUT2D eigenvalue weighted by atomic mass is 79.9. The molecule has 1 atom stereocenters. The van der Waals surface area contributed by atoms with Crippen molar-refractivity contribution in [1.29, 1.82) is 0 Å². The van der Waals surface area contributed by atoms with Crippen LogP contribution >= 0.6 is 15.9 Å². The van der Waals surface area contributed by atoms with Gasteiger partial charge in [0.05, 0.1) is 4.90 Å². The van der Waals surface area contributed by atoms with Crippen molar-refractivity contribution in [2.24, 2.45) is 0 Å². The molecule has 0 aliphatic rings. The summed E-state index contributed by atoms with van der Waals surface area (Å²) < 4.78 is 51.4. The van der Waals surface area contributed by atoms with Crippen LogP contribution in [0.15, 0.2) is 23.1 Å². The Morgan fingerprint density at radius 3 is 2.56 bits per heavy atom. The van der Waals surface area contributed by atoms with Crippen LogP contribution in [0.25, 0.3) is 0 Å². The van der Waals surface area contributed by atoms with E-state index < -0.39 is 21.7 Å². The molecule has 0 bridgehead atoms. The van der Waals surface area contributed by atoms with Crippen LogP contribution in [0.1, 0.15) is 19.8 Å². The topological polar surface area (TPSA) is 46.2 Å². The molecule has 1 unspecified atom stereocenters. The van der Waals surface area contributed by atoms with Crippen molar-refractivity contribution in [2.75, 3.05) is 6.54 Å². The molecular formula is C11H14BrF2NO2S. The van der Waals surface area contributed by atoms with Gasteiger partial charge in [-0.25, -0.2) is 21.9 Å². The van der Waals surface area contributed by atoms with Gasteiger partial charge in [-0.05, 0) is 31.0 Å². The van der Waals surface area contributed by atoms with Gasteiger partial charge in [0.25, 0.3) is 0 Å². The molecule has 0 aliphatic carbocycles. The van der Waals surface area contributed by atoms with Crippen LogP contribution in [-0.4, -0.2) is 19.8 Å². The molecule has 18 heavy (non-hydrogen) atoms. The van der Waals surface area contributed by atoms with E-state index in [9.17, 15) is 17.2 Å². The van der Waals surface area contributed by atoms with Crippen LogP contribution in [0.2, 0.25) is 0 Å². The summed E-state index contributed by atoms with van der Waals surface area (Å²) in [5.74, 6) is -2.24. The molecule has 102 valence electrons. The lowest BCUT2D eigenvalue weighted by Crippen LogP contribution is -2.25. The molecule has 1 rings (SSSR count). The van der Waals surface area contributed by atoms with Crippen molar-refractivity contribution in [1.82, 2.24) is 4.72 Å². The van der Waals surface area contributed by atoms with Crippen LogP contribution in [0.4, 0.5) is 8.78 Å². The summed E-state index contributed by atoms with van der Waals surface area (Å²) in [6.07, 6.45) is 1.48. The highest BCUT2D eigenvalue weighted by Gasteiger charge is 2.15. The molecule has 0 saturated carbocycles. The Labute approximate surface area is 114 Å². The van der Waals surface area contributed by atoms with Crippen LogP contribution in [0.5, 0.6) is 0 Å². The Balaban J connectivity index is 2.66. The van der Waals surface area contributed by atoms with Gasteiger partial charge < -0.3 is 0 Å². The summed E-state index contributed by atoms with van der Waals surface area (Å²) in [6, 6.07) is 2.50. The van der Waals surface area contributed by atoms with Gasteiger partial charge in [0.15, 0.2) is 11.6 Å². The number of sulfonamides is 1. The monoisotopic (exact) mass is 341 g/mol. The second-order valence-electron chi connectivity index (χ2n) is 3.90. The van der Waals surface area contributed by atoms with Crippen molar-refractivity contribution < 1.29 is 17.2 Å². The van der Waals surface area contributed by atoms with E-state index in [0.717, 1.165) is 18.6 Å². The van der Waals surface area contributed by atoms with Gasteiger partial charge in [0.1, 0.15) is 0 Å². The lowest BCUT2D eigenvalue weighted by Gasteiger charge is -2.07. The second kappa shape index (κ2) is 6.58. The summed E-state index contributed by atoms with van der Waals surface area (Å²) in [6.45, 7) is 2.22. The largest absolute Gasteiger partial charge is 0.240 e. The molecule has 0 aromatic heterocycles. The third kappa shape index (κ3) is 4.62. The normalized spacial score (nSPS) is 13.6. The zero-order chi connectivity index (χ0) is 13.8. The first-order chi connectivity index (χ1) is 8.33. The lowest BCUT2D eigenvalue weighted by molar-refractivity contribution is 0.504. The molecule has 1 N–H and O–H groups in total. The Morgan fingerprint density at radius 1 is 1.33 bits per heavy atom. The lowest BCUT2D eigenvalue weighted by atomic mass is 10.2. The molecule has 0 spiro atoms. The third-order valence-corrected chi connectivity index (χ3v) is 4.19. The average Bonchev–Trinajstić information content (AvgIpc) is 2.28. The van der Waals surface area contributed by atoms with E-state index in [1.165, 1.54) is 0 Å². The first kappa shape index (κ1) is 15.5. The van der Waals surface area contributed by atoms with Crippen LogP contribution in [0.3, 0.4) is 0 Å². The molecule has 0 aliphatic heterocycles. The Kier molecular flexibility index (Phi) is 5.68. The SMILES string of the molecule is CC(Br)CCCNS(=O)(=O)c1ccc(F)c(F)c1. The van der Waals surface area contributed by atoms with E-state index >= 15 is 0 Å². The van der Waals surface area contributed by atoms with E-state index in [1.54, 1.807) is 0 Å². The Bertz CT molecular complexity index is 506. The third-order valence-electron chi connectivity index (χ3n) is 2.27. The fraction of sp³-hybridized carbons (Fsp3) is 0.455. The second-order valence-corrected chi connectivity index (χ2v) is 7.23. The minimum absolute atomic E-state index is 0.261. The van der Waals surface area contributed by atoms with Gasteiger partial charge in [-0.2, -0.15) is 0 Å². The number of benzene rings is 1. The molecule has 0 amide bonds. The smallest absolute Gasteiger partial charge is 0.211 e. The summed E-state index contributed by atoms with van der Waals surface area (Å²) in [7, 11) is -3.77. The molecule has 0 heterocycles. The summed E-state index contributed by atoms with van der Waals surface area (Å²) in [5, 5.41) is 0. The zero-order valence-corrected chi connectivity index (χ0v) is 12.2. The molecule has 1 aromatic carbocycles. The van der Waals surface area contributed by atoms with Gasteiger partial charge in [0.2, 0.25) is 10.0 Å². The fourth-order valence-corrected chi connectivity index (χ4v) is 2.73. The summed E-state index contributed by atoms with van der Waals surface area (Å²) in [4.78, 5) is 0.0403. The number of halogens is 3. The zero-order valence-electron chi connectivity index (χ0n) is 9.79. The standard InChI is InChI=1S/C11H14BrF2NO2S/c1-8(12)3-2-6-15-18(16,17)9-4-5-10(13)11(14)7-9/h4-5,7-8,15H,2-3,6H2,1H3. The van der Waals surface area contributed by atoms with Gasteiger partial charge in [-0.15, -0.1) is 0 Å². The quantitative estimate of drug-likeness (QED) is 0.638. The Hall–Kier alpha value is -0.530. The van der Waals surface area contributed by atoms with Gasteiger partial charge in [-0.1, -0.05) is 22.9 Å². The van der Waals surface area contributed by atoms with E-state index in [0.29, 0.717) is 17.3 Å². The van der Waals surface area contributed by atoms with Gasteiger partial charge in [-0.3, -0.25) is 0 Å². The predicted molar refractivity (Wildman–Crippen MR) is 69.2 cm³/mol. The number of alkyl halides is 1. The number of nitrogens with one attached hydrogen (secondary N) is 1. The molecule has 0 radical (unpaired) electrons. The first-order valence-corrected chi connectivity index (χ1v) is 7.81. The molecule has 0 saturated heterocycles. The molecule has 7 heteroatoms. The molecule has 3 nitrogen and oxygen atoms in total. The van der Waals surface area contributed by atoms with E-state index in [1.807, 2.05) is 6.92 Å². The Morgan fingerprint density at radius 2 is 2.00 bits per heavy atom. The summed E-state index contributed by atoms with van der Waals surface area (Å²) in [5.41, 5.74) is 0. The maximum absolute atomic E-state index is 12.9. The number of hydrogen-bond donors (Lipinski definition) is 1. The van der Waals surface area contributed by atoms with Crippen LogP contribution in [-0.2, 0) is 10.0 Å². The van der Waals surface area contributed by atoms with Crippen LogP contribution in [0, 0.1) is 11.6 Å². The summed E-state index contributed by atoms with van der Waals surface area (Å²) >= 11 is 3.35. The molecule has 1 aromatic rings. The predicted octanol–water partition coefficient (Wildman–Crippen LogP) is 2.81. The maximum atomic E-state index is 12.9. The van der Waals surface area contributed by atoms with Gasteiger partial charge in [0, 0.05) is 11.4 Å². The first-order valence-electron chi connectivity index (χ1n) is 5.41. The van der Waals surface area contributed by atoms with Gasteiger partial charge >= 0.3 is 0 Å². The molecule has 0 fully saturated rings. The van der Waals surface area contributed by atoms with Crippen LogP contribution < -0.4 is 4.72 Å². The highest BCUT2D eigenvalue weighted by Crippen LogP contribution is 2.14.